The molecular weight excluding hydrogens is 298 g/mol. The Morgan fingerprint density at radius 3 is 1.96 bits per heavy atom. The third-order valence-electron chi connectivity index (χ3n) is 3.84. The van der Waals surface area contributed by atoms with Crippen molar-refractivity contribution in [3.05, 3.63) is 74.3 Å². The van der Waals surface area contributed by atoms with E-state index in [2.05, 4.69) is 10.2 Å². The van der Waals surface area contributed by atoms with Crippen LogP contribution in [0.4, 0.5) is 5.69 Å². The zero-order chi connectivity index (χ0) is 16.1. The van der Waals surface area contributed by atoms with E-state index in [0.717, 1.165) is 4.90 Å². The molecule has 1 aromatic heterocycles. The van der Waals surface area contributed by atoms with Gasteiger partial charge < -0.3 is 0 Å². The molecule has 0 saturated carbocycles. The van der Waals surface area contributed by atoms with Crippen molar-refractivity contribution in [2.24, 2.45) is 0 Å². The lowest BCUT2D eigenvalue weighted by Gasteiger charge is -2.15. The van der Waals surface area contributed by atoms with Gasteiger partial charge in [0.1, 0.15) is 0 Å². The highest BCUT2D eigenvalue weighted by atomic mass is 16.2. The Morgan fingerprint density at radius 2 is 1.30 bits per heavy atom. The largest absolute Gasteiger partial charge is 0.272 e. The molecule has 2 N–H and O–H groups in total. The van der Waals surface area contributed by atoms with Gasteiger partial charge in [0.25, 0.3) is 22.9 Å². The summed E-state index contributed by atoms with van der Waals surface area (Å²) in [5.41, 5.74) is -0.433. The van der Waals surface area contributed by atoms with Gasteiger partial charge in [-0.15, -0.1) is 0 Å². The number of anilines is 1. The molecule has 23 heavy (non-hydrogen) atoms. The van der Waals surface area contributed by atoms with Crippen molar-refractivity contribution >= 4 is 28.3 Å². The van der Waals surface area contributed by atoms with E-state index in [0.29, 0.717) is 0 Å². The van der Waals surface area contributed by atoms with E-state index < -0.39 is 22.9 Å². The minimum absolute atomic E-state index is 0.00533. The second kappa shape index (κ2) is 4.51. The van der Waals surface area contributed by atoms with Gasteiger partial charge in [-0.1, -0.05) is 18.2 Å². The van der Waals surface area contributed by atoms with Gasteiger partial charge in [0.2, 0.25) is 0 Å². The fraction of sp³-hybridized carbons (Fsp3) is 0. The first-order chi connectivity index (χ1) is 11.1. The van der Waals surface area contributed by atoms with Crippen molar-refractivity contribution in [1.29, 1.82) is 0 Å². The van der Waals surface area contributed by atoms with Crippen LogP contribution < -0.4 is 16.0 Å². The summed E-state index contributed by atoms with van der Waals surface area (Å²) >= 11 is 0. The zero-order valence-corrected chi connectivity index (χ0v) is 11.6. The third kappa shape index (κ3) is 1.70. The Balaban J connectivity index is 2.04. The van der Waals surface area contributed by atoms with Gasteiger partial charge in [0, 0.05) is 0 Å². The van der Waals surface area contributed by atoms with Gasteiger partial charge in [-0.3, -0.25) is 29.4 Å². The molecule has 3 aromatic rings. The summed E-state index contributed by atoms with van der Waals surface area (Å²) < 4.78 is 0. The van der Waals surface area contributed by atoms with Gasteiger partial charge in [-0.25, -0.2) is 4.90 Å². The minimum atomic E-state index is -0.577. The Labute approximate surface area is 128 Å². The molecule has 0 radical (unpaired) electrons. The van der Waals surface area contributed by atoms with Crippen molar-refractivity contribution in [3.63, 3.8) is 0 Å². The molecule has 112 valence electrons. The molecule has 0 spiro atoms. The quantitative estimate of drug-likeness (QED) is 0.655. The number of nitrogens with one attached hydrogen (secondary N) is 2. The number of H-pyrrole nitrogens is 2. The predicted molar refractivity (Wildman–Crippen MR) is 82.8 cm³/mol. The second-order valence-electron chi connectivity index (χ2n) is 5.10. The molecule has 0 fully saturated rings. The number of carbonyl (C=O) groups excluding carboxylic acids is 2. The van der Waals surface area contributed by atoms with Gasteiger partial charge >= 0.3 is 0 Å². The van der Waals surface area contributed by atoms with Crippen LogP contribution >= 0.6 is 0 Å². The first-order valence-corrected chi connectivity index (χ1v) is 6.81. The Hall–Kier alpha value is -3.48. The highest BCUT2D eigenvalue weighted by Crippen LogP contribution is 2.31. The SMILES string of the molecule is O=C1c2ccccc2C(=O)N1c1cccc2c(=O)[nH][nH]c(=O)c12. The standard InChI is InChI=1S/C16H9N3O4/c20-13-10-6-3-7-11(12(10)14(21)18-17-13)19-15(22)8-4-1-2-5-9(8)16(19)23/h1-7H,(H,17,20)(H,18,21). The number of aromatic nitrogens is 2. The minimum Gasteiger partial charge on any atom is -0.268 e. The molecule has 0 aliphatic carbocycles. The van der Waals surface area contributed by atoms with Crippen LogP contribution in [-0.4, -0.2) is 22.0 Å². The Bertz CT molecular complexity index is 1070. The van der Waals surface area contributed by atoms with Gasteiger partial charge in [0.05, 0.1) is 27.6 Å². The van der Waals surface area contributed by atoms with Crippen molar-refractivity contribution in [2.45, 2.75) is 0 Å². The average molecular weight is 307 g/mol. The summed E-state index contributed by atoms with van der Waals surface area (Å²) in [7, 11) is 0. The lowest BCUT2D eigenvalue weighted by atomic mass is 10.1. The van der Waals surface area contributed by atoms with Crippen LogP contribution in [0.2, 0.25) is 0 Å². The van der Waals surface area contributed by atoms with Crippen molar-refractivity contribution in [3.8, 4) is 0 Å². The molecule has 2 aromatic carbocycles. The maximum atomic E-state index is 12.6. The number of rotatable bonds is 1. The fourth-order valence-electron chi connectivity index (χ4n) is 2.81. The van der Waals surface area contributed by atoms with Crippen molar-refractivity contribution in [1.82, 2.24) is 10.2 Å². The number of hydrogen-bond acceptors (Lipinski definition) is 4. The van der Waals surface area contributed by atoms with E-state index >= 15 is 0 Å². The molecule has 1 aliphatic heterocycles. The number of fused-ring (bicyclic) bond motifs is 2. The van der Waals surface area contributed by atoms with Gasteiger partial charge in [-0.2, -0.15) is 0 Å². The first-order valence-electron chi connectivity index (χ1n) is 6.81. The Kier molecular flexibility index (Phi) is 2.59. The van der Waals surface area contributed by atoms with E-state index in [1.165, 1.54) is 18.2 Å². The molecule has 7 heteroatoms. The van der Waals surface area contributed by atoms with Gasteiger partial charge in [0.15, 0.2) is 0 Å². The summed E-state index contributed by atoms with van der Waals surface area (Å²) in [6.45, 7) is 0. The maximum absolute atomic E-state index is 12.6. The monoisotopic (exact) mass is 307 g/mol. The highest BCUT2D eigenvalue weighted by molar-refractivity contribution is 6.35. The lowest BCUT2D eigenvalue weighted by Crippen LogP contribution is -2.31. The maximum Gasteiger partial charge on any atom is 0.272 e. The summed E-state index contributed by atoms with van der Waals surface area (Å²) in [4.78, 5) is 50.0. The van der Waals surface area contributed by atoms with E-state index in [1.807, 2.05) is 0 Å². The van der Waals surface area contributed by atoms with Gasteiger partial charge in [-0.05, 0) is 24.3 Å². The van der Waals surface area contributed by atoms with E-state index in [4.69, 9.17) is 0 Å². The first kappa shape index (κ1) is 13.2. The fourth-order valence-corrected chi connectivity index (χ4v) is 2.81. The zero-order valence-electron chi connectivity index (χ0n) is 11.6. The summed E-state index contributed by atoms with van der Waals surface area (Å²) in [6.07, 6.45) is 0. The van der Waals surface area contributed by atoms with Crippen LogP contribution in [0, 0.1) is 0 Å². The molecule has 1 aliphatic rings. The molecule has 7 nitrogen and oxygen atoms in total. The summed E-state index contributed by atoms with van der Waals surface area (Å²) in [5, 5.41) is 4.55. The predicted octanol–water partition coefficient (Wildman–Crippen LogP) is 1.02. The van der Waals surface area contributed by atoms with Crippen LogP contribution in [0.5, 0.6) is 0 Å². The normalized spacial score (nSPS) is 13.7. The second-order valence-corrected chi connectivity index (χ2v) is 5.10. The van der Waals surface area contributed by atoms with Crippen LogP contribution in [0.3, 0.4) is 0 Å². The van der Waals surface area contributed by atoms with Crippen molar-refractivity contribution < 1.29 is 9.59 Å². The summed E-state index contributed by atoms with van der Waals surface area (Å²) in [6, 6.07) is 10.9. The van der Waals surface area contributed by atoms with Crippen LogP contribution in [0.25, 0.3) is 10.8 Å². The number of carbonyl (C=O) groups is 2. The molecule has 0 saturated heterocycles. The van der Waals surface area contributed by atoms with E-state index in [-0.39, 0.29) is 27.6 Å². The molecule has 0 bridgehead atoms. The molecule has 2 amide bonds. The van der Waals surface area contributed by atoms with Crippen LogP contribution in [-0.2, 0) is 0 Å². The topological polar surface area (TPSA) is 103 Å². The van der Waals surface area contributed by atoms with Crippen LogP contribution in [0.15, 0.2) is 52.1 Å². The molecule has 2 heterocycles. The number of nitrogens with zero attached hydrogens (tertiary/aromatic N) is 1. The molecular formula is C16H9N3O4. The molecule has 4 rings (SSSR count). The van der Waals surface area contributed by atoms with Crippen molar-refractivity contribution in [2.75, 3.05) is 4.90 Å². The molecule has 0 unspecified atom stereocenters. The number of amides is 2. The van der Waals surface area contributed by atoms with E-state index in [9.17, 15) is 19.2 Å². The number of imide groups is 1. The smallest absolute Gasteiger partial charge is 0.268 e. The van der Waals surface area contributed by atoms with Crippen LogP contribution in [0.1, 0.15) is 20.7 Å². The lowest BCUT2D eigenvalue weighted by molar-refractivity contribution is 0.0926. The van der Waals surface area contributed by atoms with E-state index in [1.54, 1.807) is 24.3 Å². The third-order valence-corrected chi connectivity index (χ3v) is 3.84. The summed E-state index contributed by atoms with van der Waals surface area (Å²) in [5.74, 6) is -1.03. The number of aromatic amines is 2. The molecule has 0 atom stereocenters. The Morgan fingerprint density at radius 1 is 0.696 bits per heavy atom. The average Bonchev–Trinajstić information content (AvgIpc) is 2.82. The highest BCUT2D eigenvalue weighted by Gasteiger charge is 2.37. The number of benzene rings is 2. The number of hydrogen-bond donors (Lipinski definition) is 2.